The number of carbonyl (C=O) groups is 2. The minimum atomic E-state index is -1.04. The lowest BCUT2D eigenvalue weighted by Gasteiger charge is -2.23. The van der Waals surface area contributed by atoms with Gasteiger partial charge in [0.1, 0.15) is 11.3 Å². The Hall–Kier alpha value is -4.39. The molecule has 1 saturated heterocycles. The van der Waals surface area contributed by atoms with Gasteiger partial charge in [-0.25, -0.2) is 4.98 Å². The fraction of sp³-hybridized carbons (Fsp3) is 0.286. The van der Waals surface area contributed by atoms with E-state index < -0.39 is 17.7 Å². The van der Waals surface area contributed by atoms with Gasteiger partial charge < -0.3 is 14.6 Å². The highest BCUT2D eigenvalue weighted by molar-refractivity contribution is 8.00. The van der Waals surface area contributed by atoms with Crippen LogP contribution in [0.3, 0.4) is 0 Å². The predicted molar refractivity (Wildman–Crippen MR) is 188 cm³/mol. The third kappa shape index (κ3) is 6.65. The molecule has 0 spiro atoms. The number of benzene rings is 2. The minimum absolute atomic E-state index is 0.0895. The molecule has 0 aliphatic carbocycles. The second kappa shape index (κ2) is 14.8. The predicted octanol–water partition coefficient (Wildman–Crippen LogP) is 8.03. The van der Waals surface area contributed by atoms with Gasteiger partial charge in [0.15, 0.2) is 21.6 Å². The second-order valence-corrected chi connectivity index (χ2v) is 13.7. The molecule has 1 amide bonds. The lowest BCUT2D eigenvalue weighted by Crippen LogP contribution is -2.29. The van der Waals surface area contributed by atoms with E-state index in [4.69, 9.17) is 21.1 Å². The molecule has 1 N–H and O–H groups in total. The summed E-state index contributed by atoms with van der Waals surface area (Å²) in [5, 5.41) is 21.4. The zero-order valence-electron chi connectivity index (χ0n) is 26.7. The number of unbranched alkanes of at least 4 members (excludes halogenated alkanes) is 2. The Morgan fingerprint density at radius 2 is 1.83 bits per heavy atom. The molecule has 2 aromatic carbocycles. The molecule has 1 aliphatic heterocycles. The first-order chi connectivity index (χ1) is 23.3. The highest BCUT2D eigenvalue weighted by Crippen LogP contribution is 2.46. The van der Waals surface area contributed by atoms with Crippen LogP contribution in [0.5, 0.6) is 11.5 Å². The van der Waals surface area contributed by atoms with Gasteiger partial charge in [0.05, 0.1) is 30.5 Å². The molecule has 248 valence electrons. The Balaban J connectivity index is 1.44. The second-order valence-electron chi connectivity index (χ2n) is 11.1. The van der Waals surface area contributed by atoms with E-state index in [0.29, 0.717) is 62.4 Å². The van der Waals surface area contributed by atoms with E-state index in [2.05, 4.69) is 22.1 Å². The number of hydrogen-bond donors (Lipinski definition) is 1. The zero-order valence-corrected chi connectivity index (χ0v) is 29.1. The number of fused-ring (bicyclic) bond motifs is 1. The summed E-state index contributed by atoms with van der Waals surface area (Å²) in [4.78, 5) is 33.7. The number of imidazole rings is 1. The van der Waals surface area contributed by atoms with Crippen molar-refractivity contribution in [1.29, 1.82) is 0 Å². The Labute approximate surface area is 291 Å². The molecule has 13 heteroatoms. The molecule has 3 aromatic heterocycles. The third-order valence-electron chi connectivity index (χ3n) is 7.87. The molecular formula is C35H34ClN5O5S2. The number of ketones is 1. The van der Waals surface area contributed by atoms with Crippen molar-refractivity contribution in [2.24, 2.45) is 0 Å². The number of aliphatic hydroxyl groups excluding tert-OH is 1. The molecule has 1 atom stereocenters. The number of aliphatic hydroxyl groups is 1. The average Bonchev–Trinajstić information content (AvgIpc) is 3.76. The number of nitrogens with zero attached hydrogens (tertiary/aromatic N) is 5. The molecule has 48 heavy (non-hydrogen) atoms. The van der Waals surface area contributed by atoms with Crippen molar-refractivity contribution in [3.05, 3.63) is 100.0 Å². The Bertz CT molecular complexity index is 2010. The van der Waals surface area contributed by atoms with Crippen molar-refractivity contribution < 1.29 is 24.2 Å². The van der Waals surface area contributed by atoms with E-state index in [9.17, 15) is 14.7 Å². The molecule has 4 heterocycles. The molecule has 10 nitrogen and oxygen atoms in total. The number of pyridine rings is 1. The summed E-state index contributed by atoms with van der Waals surface area (Å²) in [6.07, 6.45) is 4.76. The van der Waals surface area contributed by atoms with Crippen molar-refractivity contribution >= 4 is 62.9 Å². The smallest absolute Gasteiger partial charge is 0.301 e. The molecule has 1 aliphatic rings. The molecular weight excluding hydrogens is 670 g/mol. The zero-order chi connectivity index (χ0) is 33.8. The van der Waals surface area contributed by atoms with E-state index in [1.54, 1.807) is 47.9 Å². The van der Waals surface area contributed by atoms with Gasteiger partial charge in [0, 0.05) is 17.0 Å². The van der Waals surface area contributed by atoms with E-state index in [0.717, 1.165) is 24.8 Å². The molecule has 0 bridgehead atoms. The summed E-state index contributed by atoms with van der Waals surface area (Å²) < 4.78 is 14.3. The summed E-state index contributed by atoms with van der Waals surface area (Å²) in [5.74, 6) is -0.447. The highest BCUT2D eigenvalue weighted by Gasteiger charge is 2.49. The van der Waals surface area contributed by atoms with Gasteiger partial charge in [-0.1, -0.05) is 84.8 Å². The number of halogens is 1. The number of hydrogen-bond acceptors (Lipinski definition) is 10. The summed E-state index contributed by atoms with van der Waals surface area (Å²) in [6.45, 7) is 6.65. The van der Waals surface area contributed by atoms with Crippen LogP contribution < -0.4 is 14.4 Å². The van der Waals surface area contributed by atoms with E-state index >= 15 is 0 Å². The van der Waals surface area contributed by atoms with Crippen molar-refractivity contribution in [1.82, 2.24) is 19.6 Å². The monoisotopic (exact) mass is 703 g/mol. The van der Waals surface area contributed by atoms with Gasteiger partial charge in [0.2, 0.25) is 5.13 Å². The summed E-state index contributed by atoms with van der Waals surface area (Å²) in [6, 6.07) is 17.3. The fourth-order valence-electron chi connectivity index (χ4n) is 5.60. The van der Waals surface area contributed by atoms with Crippen LogP contribution in [0.4, 0.5) is 5.13 Å². The minimum Gasteiger partial charge on any atom is -0.505 e. The summed E-state index contributed by atoms with van der Waals surface area (Å²) in [7, 11) is 0. The lowest BCUT2D eigenvalue weighted by molar-refractivity contribution is -0.132. The van der Waals surface area contributed by atoms with Gasteiger partial charge in [-0.2, -0.15) is 0 Å². The molecule has 0 saturated carbocycles. The van der Waals surface area contributed by atoms with Crippen LogP contribution in [0.2, 0.25) is 5.02 Å². The van der Waals surface area contributed by atoms with Crippen LogP contribution in [0.15, 0.2) is 76.8 Å². The van der Waals surface area contributed by atoms with Crippen LogP contribution in [0.25, 0.3) is 11.4 Å². The normalized spacial score (nSPS) is 15.8. The summed E-state index contributed by atoms with van der Waals surface area (Å²) in [5.41, 5.74) is 2.80. The Kier molecular flexibility index (Phi) is 10.3. The number of Topliss-reactive ketones (excluding diaryl/α,β-unsaturated/α-hetero) is 1. The van der Waals surface area contributed by atoms with Crippen molar-refractivity contribution in [3.8, 4) is 11.5 Å². The highest BCUT2D eigenvalue weighted by atomic mass is 35.5. The fourth-order valence-corrected chi connectivity index (χ4v) is 7.75. The molecule has 1 unspecified atom stereocenters. The maximum atomic E-state index is 13.9. The van der Waals surface area contributed by atoms with Gasteiger partial charge in [-0.3, -0.25) is 18.9 Å². The molecule has 1 fully saturated rings. The Morgan fingerprint density at radius 3 is 2.62 bits per heavy atom. The average molecular weight is 704 g/mol. The van der Waals surface area contributed by atoms with Crippen LogP contribution in [0.1, 0.15) is 61.7 Å². The quantitative estimate of drug-likeness (QED) is 0.0325. The van der Waals surface area contributed by atoms with Crippen LogP contribution in [0, 0.1) is 6.92 Å². The molecule has 0 radical (unpaired) electrons. The van der Waals surface area contributed by atoms with E-state index in [-0.39, 0.29) is 16.5 Å². The number of ether oxygens (including phenoxy) is 2. The first-order valence-corrected chi connectivity index (χ1v) is 17.8. The van der Waals surface area contributed by atoms with E-state index in [1.807, 2.05) is 37.3 Å². The van der Waals surface area contributed by atoms with Crippen LogP contribution >= 0.6 is 34.7 Å². The van der Waals surface area contributed by atoms with Gasteiger partial charge >= 0.3 is 5.91 Å². The van der Waals surface area contributed by atoms with Crippen molar-refractivity contribution in [3.63, 3.8) is 0 Å². The third-order valence-corrected chi connectivity index (χ3v) is 10.3. The first-order valence-electron chi connectivity index (χ1n) is 15.7. The van der Waals surface area contributed by atoms with Crippen molar-refractivity contribution in [2.45, 2.75) is 56.2 Å². The van der Waals surface area contributed by atoms with Gasteiger partial charge in [-0.05, 0) is 61.7 Å². The largest absolute Gasteiger partial charge is 0.505 e. The van der Waals surface area contributed by atoms with Crippen LogP contribution in [-0.2, 0) is 15.3 Å². The SMILES string of the molecule is CCCCCOc1ccc(C2/C(=C(\O)c3c(C)nc4ccccn34)C(=O)C(=O)N2c2nnc(SCc3ccccc3Cl)s2)cc1OCC. The topological polar surface area (TPSA) is 119 Å². The van der Waals surface area contributed by atoms with Crippen molar-refractivity contribution in [2.75, 3.05) is 18.1 Å². The number of rotatable bonds is 13. The molecule has 6 rings (SSSR count). The van der Waals surface area contributed by atoms with E-state index in [1.165, 1.54) is 28.0 Å². The van der Waals surface area contributed by atoms with Gasteiger partial charge in [0.25, 0.3) is 5.78 Å². The first kappa shape index (κ1) is 33.5. The van der Waals surface area contributed by atoms with Crippen LogP contribution in [-0.4, -0.2) is 49.6 Å². The number of thioether (sulfide) groups is 1. The number of amides is 1. The number of aromatic nitrogens is 4. The number of carbonyl (C=O) groups excluding carboxylic acids is 2. The maximum absolute atomic E-state index is 13.9. The number of aryl methyl sites for hydroxylation is 1. The maximum Gasteiger partial charge on any atom is 0.301 e. The lowest BCUT2D eigenvalue weighted by atomic mass is 9.96. The molecule has 5 aromatic rings. The standard InChI is InChI=1S/C35H34ClN5O5S2/c1-4-6-11-18-46-25-16-15-22(19-26(25)45-5-2)30-28(31(42)29-21(3)37-27-14-9-10-17-40(27)29)32(43)33(44)41(30)34-38-39-35(48-34)47-20-23-12-7-8-13-24(23)36/h7-10,12-17,19,30,42H,4-6,11,18,20H2,1-3H3/b31-28+. The van der Waals surface area contributed by atoms with Gasteiger partial charge in [-0.15, -0.1) is 10.2 Å². The summed E-state index contributed by atoms with van der Waals surface area (Å²) >= 11 is 8.96. The number of anilines is 1. The Morgan fingerprint density at radius 1 is 1.02 bits per heavy atom.